The van der Waals surface area contributed by atoms with E-state index in [4.69, 9.17) is 4.52 Å². The number of carbonyl (C=O) groups is 1. The SMILES string of the molecule is Cc1oncc1C(=O)NCCC12CCCN1CCC2. The van der Waals surface area contributed by atoms with Crippen molar-refractivity contribution in [1.82, 2.24) is 15.4 Å². The van der Waals surface area contributed by atoms with Gasteiger partial charge in [0.2, 0.25) is 0 Å². The zero-order valence-electron chi connectivity index (χ0n) is 11.4. The molecule has 1 aromatic heterocycles. The number of carbonyl (C=O) groups excluding carboxylic acids is 1. The molecule has 5 nitrogen and oxygen atoms in total. The van der Waals surface area contributed by atoms with Gasteiger partial charge in [0.05, 0.1) is 6.20 Å². The minimum atomic E-state index is -0.0716. The molecule has 0 atom stereocenters. The first-order valence-corrected chi connectivity index (χ1v) is 7.16. The van der Waals surface area contributed by atoms with E-state index in [2.05, 4.69) is 15.4 Å². The summed E-state index contributed by atoms with van der Waals surface area (Å²) in [4.78, 5) is 14.6. The van der Waals surface area contributed by atoms with Crippen LogP contribution in [0.15, 0.2) is 10.7 Å². The first-order valence-electron chi connectivity index (χ1n) is 7.16. The van der Waals surface area contributed by atoms with Crippen molar-refractivity contribution in [2.75, 3.05) is 19.6 Å². The van der Waals surface area contributed by atoms with E-state index in [-0.39, 0.29) is 5.91 Å². The minimum Gasteiger partial charge on any atom is -0.361 e. The summed E-state index contributed by atoms with van der Waals surface area (Å²) in [6.07, 6.45) is 7.73. The molecule has 104 valence electrons. The van der Waals surface area contributed by atoms with Crippen molar-refractivity contribution in [3.8, 4) is 0 Å². The number of aryl methyl sites for hydroxylation is 1. The van der Waals surface area contributed by atoms with E-state index in [9.17, 15) is 4.79 Å². The lowest BCUT2D eigenvalue weighted by molar-refractivity contribution is 0.0941. The van der Waals surface area contributed by atoms with Crippen LogP contribution < -0.4 is 5.32 Å². The van der Waals surface area contributed by atoms with Gasteiger partial charge in [-0.3, -0.25) is 9.69 Å². The van der Waals surface area contributed by atoms with E-state index in [1.54, 1.807) is 6.92 Å². The number of nitrogens with zero attached hydrogens (tertiary/aromatic N) is 2. The monoisotopic (exact) mass is 263 g/mol. The summed E-state index contributed by atoms with van der Waals surface area (Å²) in [6, 6.07) is 0. The lowest BCUT2D eigenvalue weighted by Gasteiger charge is -2.32. The van der Waals surface area contributed by atoms with Gasteiger partial charge in [0.15, 0.2) is 0 Å². The van der Waals surface area contributed by atoms with Crippen molar-refractivity contribution in [2.24, 2.45) is 0 Å². The average molecular weight is 263 g/mol. The van der Waals surface area contributed by atoms with Crippen LogP contribution in [0.5, 0.6) is 0 Å². The Labute approximate surface area is 113 Å². The highest BCUT2D eigenvalue weighted by atomic mass is 16.5. The topological polar surface area (TPSA) is 58.4 Å². The Bertz CT molecular complexity index is 459. The predicted octanol–water partition coefficient (Wildman–Crippen LogP) is 1.73. The average Bonchev–Trinajstić information content (AvgIpc) is 3.03. The molecule has 0 bridgehead atoms. The van der Waals surface area contributed by atoms with E-state index in [0.29, 0.717) is 16.9 Å². The van der Waals surface area contributed by atoms with Crippen LogP contribution in [0.2, 0.25) is 0 Å². The number of amides is 1. The fourth-order valence-electron chi connectivity index (χ4n) is 3.65. The molecule has 0 radical (unpaired) electrons. The molecule has 1 amide bonds. The van der Waals surface area contributed by atoms with Crippen LogP contribution in [0.25, 0.3) is 0 Å². The summed E-state index contributed by atoms with van der Waals surface area (Å²) in [7, 11) is 0. The molecule has 2 aliphatic heterocycles. The molecule has 1 aromatic rings. The largest absolute Gasteiger partial charge is 0.361 e. The summed E-state index contributed by atoms with van der Waals surface area (Å²) < 4.78 is 4.91. The van der Waals surface area contributed by atoms with Gasteiger partial charge in [0.1, 0.15) is 11.3 Å². The smallest absolute Gasteiger partial charge is 0.256 e. The Hall–Kier alpha value is -1.36. The normalized spacial score (nSPS) is 21.5. The molecule has 0 aromatic carbocycles. The van der Waals surface area contributed by atoms with Gasteiger partial charge in [-0.15, -0.1) is 0 Å². The molecule has 0 unspecified atom stereocenters. The van der Waals surface area contributed by atoms with Crippen LogP contribution in [0, 0.1) is 6.92 Å². The van der Waals surface area contributed by atoms with Crippen LogP contribution >= 0.6 is 0 Å². The van der Waals surface area contributed by atoms with Crippen LogP contribution in [-0.2, 0) is 0 Å². The quantitative estimate of drug-likeness (QED) is 0.898. The molecule has 2 saturated heterocycles. The van der Waals surface area contributed by atoms with Crippen LogP contribution in [0.4, 0.5) is 0 Å². The van der Waals surface area contributed by atoms with Crippen molar-refractivity contribution in [3.05, 3.63) is 17.5 Å². The maximum atomic E-state index is 12.0. The van der Waals surface area contributed by atoms with Crippen molar-refractivity contribution >= 4 is 5.91 Å². The zero-order valence-corrected chi connectivity index (χ0v) is 11.4. The van der Waals surface area contributed by atoms with Crippen molar-refractivity contribution in [2.45, 2.75) is 44.6 Å². The number of nitrogens with one attached hydrogen (secondary N) is 1. The fraction of sp³-hybridized carbons (Fsp3) is 0.714. The van der Waals surface area contributed by atoms with E-state index < -0.39 is 0 Å². The van der Waals surface area contributed by atoms with Gasteiger partial charge >= 0.3 is 0 Å². The molecule has 2 fully saturated rings. The van der Waals surface area contributed by atoms with E-state index in [1.165, 1.54) is 45.0 Å². The Morgan fingerprint density at radius 3 is 2.84 bits per heavy atom. The van der Waals surface area contributed by atoms with E-state index in [1.807, 2.05) is 0 Å². The molecule has 3 heterocycles. The molecule has 1 N–H and O–H groups in total. The summed E-state index contributed by atoms with van der Waals surface area (Å²) >= 11 is 0. The molecule has 0 spiro atoms. The highest BCUT2D eigenvalue weighted by Gasteiger charge is 2.43. The minimum absolute atomic E-state index is 0.0716. The van der Waals surface area contributed by atoms with Gasteiger partial charge in [-0.2, -0.15) is 0 Å². The van der Waals surface area contributed by atoms with Gasteiger partial charge in [0, 0.05) is 12.1 Å². The van der Waals surface area contributed by atoms with Gasteiger partial charge in [-0.05, 0) is 52.1 Å². The summed E-state index contributed by atoms with van der Waals surface area (Å²) in [6.45, 7) is 4.97. The lowest BCUT2D eigenvalue weighted by Crippen LogP contribution is -2.41. The Morgan fingerprint density at radius 2 is 2.21 bits per heavy atom. The van der Waals surface area contributed by atoms with E-state index >= 15 is 0 Å². The molecule has 0 saturated carbocycles. The predicted molar refractivity (Wildman–Crippen MR) is 71.0 cm³/mol. The summed E-state index contributed by atoms with van der Waals surface area (Å²) in [5.74, 6) is 0.511. The van der Waals surface area contributed by atoms with Gasteiger partial charge < -0.3 is 9.84 Å². The number of hydrogen-bond acceptors (Lipinski definition) is 4. The third-order valence-corrected chi connectivity index (χ3v) is 4.68. The molecule has 0 aliphatic carbocycles. The highest BCUT2D eigenvalue weighted by molar-refractivity contribution is 5.94. The summed E-state index contributed by atoms with van der Waals surface area (Å²) in [5.41, 5.74) is 0.920. The maximum absolute atomic E-state index is 12.0. The maximum Gasteiger partial charge on any atom is 0.256 e. The second kappa shape index (κ2) is 4.96. The third kappa shape index (κ3) is 2.27. The highest BCUT2D eigenvalue weighted by Crippen LogP contribution is 2.40. The second-order valence-electron chi connectivity index (χ2n) is 5.72. The van der Waals surface area contributed by atoms with Gasteiger partial charge in [-0.25, -0.2) is 0 Å². The first kappa shape index (κ1) is 12.7. The van der Waals surface area contributed by atoms with Gasteiger partial charge in [-0.1, -0.05) is 5.16 Å². The Kier molecular flexibility index (Phi) is 3.31. The standard InChI is InChI=1S/C14H21N3O2/c1-11-12(10-16-19-11)13(18)15-7-6-14-4-2-8-17(14)9-3-5-14/h10H,2-9H2,1H3,(H,15,18). The first-order chi connectivity index (χ1) is 9.21. The number of aromatic nitrogens is 1. The molecular weight excluding hydrogens is 242 g/mol. The molecule has 19 heavy (non-hydrogen) atoms. The Morgan fingerprint density at radius 1 is 1.47 bits per heavy atom. The number of hydrogen-bond donors (Lipinski definition) is 1. The van der Waals surface area contributed by atoms with E-state index in [0.717, 1.165) is 13.0 Å². The van der Waals surface area contributed by atoms with Crippen molar-refractivity contribution < 1.29 is 9.32 Å². The fourth-order valence-corrected chi connectivity index (χ4v) is 3.65. The third-order valence-electron chi connectivity index (χ3n) is 4.68. The van der Waals surface area contributed by atoms with Crippen LogP contribution in [0.3, 0.4) is 0 Å². The zero-order chi connectivity index (χ0) is 13.3. The molecule has 5 heteroatoms. The molecule has 2 aliphatic rings. The Balaban J connectivity index is 1.53. The van der Waals surface area contributed by atoms with Crippen molar-refractivity contribution in [1.29, 1.82) is 0 Å². The lowest BCUT2D eigenvalue weighted by atomic mass is 9.90. The number of rotatable bonds is 4. The van der Waals surface area contributed by atoms with Gasteiger partial charge in [0.25, 0.3) is 5.91 Å². The van der Waals surface area contributed by atoms with Crippen LogP contribution in [-0.4, -0.2) is 41.1 Å². The molecule has 3 rings (SSSR count). The van der Waals surface area contributed by atoms with Crippen LogP contribution in [0.1, 0.15) is 48.2 Å². The summed E-state index contributed by atoms with van der Waals surface area (Å²) in [5, 5.41) is 6.63. The second-order valence-corrected chi connectivity index (χ2v) is 5.72. The number of fused-ring (bicyclic) bond motifs is 1. The molecular formula is C14H21N3O2. The van der Waals surface area contributed by atoms with Crippen molar-refractivity contribution in [3.63, 3.8) is 0 Å².